The molecule has 0 aromatic rings. The normalized spacial score (nSPS) is 14.8. The van der Waals surface area contributed by atoms with E-state index in [9.17, 15) is 0 Å². The molecular weight excluding hydrogens is 162 g/mol. The Hall–Kier alpha value is -0.500. The minimum absolute atomic E-state index is 0.327. The highest BCUT2D eigenvalue weighted by Gasteiger charge is 2.14. The van der Waals surface area contributed by atoms with Crippen molar-refractivity contribution in [3.63, 3.8) is 0 Å². The van der Waals surface area contributed by atoms with Gasteiger partial charge in [0.1, 0.15) is 0 Å². The Labute approximate surface area is 82.6 Å². The van der Waals surface area contributed by atoms with E-state index >= 15 is 0 Å². The predicted octanol–water partition coefficient (Wildman–Crippen LogP) is 2.51. The lowest BCUT2D eigenvalue weighted by atomic mass is 10.0. The minimum atomic E-state index is 0.327. The lowest BCUT2D eigenvalue weighted by Gasteiger charge is -2.24. The summed E-state index contributed by atoms with van der Waals surface area (Å²) in [6, 6.07) is 0. The number of allylic oxidation sites excluding steroid dienone is 1. The molecule has 0 aromatic carbocycles. The summed E-state index contributed by atoms with van der Waals surface area (Å²) in [5, 5.41) is 0. The molecular formula is C11H23NO. The molecule has 0 fully saturated rings. The van der Waals surface area contributed by atoms with E-state index in [4.69, 9.17) is 4.74 Å². The van der Waals surface area contributed by atoms with Gasteiger partial charge >= 0.3 is 0 Å². The number of hydrogen-bond acceptors (Lipinski definition) is 2. The van der Waals surface area contributed by atoms with Crippen molar-refractivity contribution in [1.29, 1.82) is 0 Å². The molecule has 0 aliphatic heterocycles. The van der Waals surface area contributed by atoms with Gasteiger partial charge in [0.05, 0.1) is 6.10 Å². The SMILES string of the molecule is C/C=C(\CC(OC)C(C)C)N(C)C. The third-order valence-electron chi connectivity index (χ3n) is 2.36. The Morgan fingerprint density at radius 3 is 2.15 bits per heavy atom. The Morgan fingerprint density at radius 1 is 1.38 bits per heavy atom. The van der Waals surface area contributed by atoms with Crippen LogP contribution in [0.2, 0.25) is 0 Å². The summed E-state index contributed by atoms with van der Waals surface area (Å²) in [6.07, 6.45) is 3.47. The monoisotopic (exact) mass is 185 g/mol. The van der Waals surface area contributed by atoms with Crippen molar-refractivity contribution in [2.75, 3.05) is 21.2 Å². The quantitative estimate of drug-likeness (QED) is 0.652. The third-order valence-corrected chi connectivity index (χ3v) is 2.36. The van der Waals surface area contributed by atoms with E-state index in [1.165, 1.54) is 5.70 Å². The second-order valence-electron chi connectivity index (χ2n) is 3.90. The van der Waals surface area contributed by atoms with Gasteiger partial charge in [0.15, 0.2) is 0 Å². The van der Waals surface area contributed by atoms with Crippen molar-refractivity contribution in [2.24, 2.45) is 5.92 Å². The van der Waals surface area contributed by atoms with E-state index in [2.05, 4.69) is 45.8 Å². The molecule has 2 heteroatoms. The Morgan fingerprint density at radius 2 is 1.92 bits per heavy atom. The van der Waals surface area contributed by atoms with Gasteiger partial charge in [-0.3, -0.25) is 0 Å². The number of methoxy groups -OCH3 is 1. The highest BCUT2D eigenvalue weighted by molar-refractivity contribution is 4.99. The van der Waals surface area contributed by atoms with E-state index in [1.807, 2.05) is 0 Å². The summed E-state index contributed by atoms with van der Waals surface area (Å²) in [7, 11) is 5.93. The summed E-state index contributed by atoms with van der Waals surface area (Å²) in [4.78, 5) is 2.15. The van der Waals surface area contributed by atoms with E-state index in [-0.39, 0.29) is 0 Å². The molecule has 0 aliphatic carbocycles. The van der Waals surface area contributed by atoms with Gasteiger partial charge in [-0.15, -0.1) is 0 Å². The van der Waals surface area contributed by atoms with E-state index in [0.717, 1.165) is 6.42 Å². The van der Waals surface area contributed by atoms with Crippen LogP contribution in [0.4, 0.5) is 0 Å². The zero-order valence-corrected chi connectivity index (χ0v) is 9.79. The van der Waals surface area contributed by atoms with E-state index < -0.39 is 0 Å². The molecule has 0 N–H and O–H groups in total. The highest BCUT2D eigenvalue weighted by atomic mass is 16.5. The van der Waals surface area contributed by atoms with Crippen LogP contribution in [0.1, 0.15) is 27.2 Å². The topological polar surface area (TPSA) is 12.5 Å². The molecule has 2 nitrogen and oxygen atoms in total. The molecule has 0 aliphatic rings. The average molecular weight is 185 g/mol. The molecule has 1 atom stereocenters. The Bertz CT molecular complexity index is 161. The predicted molar refractivity (Wildman–Crippen MR) is 57.7 cm³/mol. The van der Waals surface area contributed by atoms with Crippen molar-refractivity contribution in [3.05, 3.63) is 11.8 Å². The van der Waals surface area contributed by atoms with Crippen LogP contribution in [0.25, 0.3) is 0 Å². The van der Waals surface area contributed by atoms with Crippen molar-refractivity contribution < 1.29 is 4.74 Å². The third kappa shape index (κ3) is 4.32. The van der Waals surface area contributed by atoms with Crippen molar-refractivity contribution >= 4 is 0 Å². The molecule has 0 radical (unpaired) electrons. The van der Waals surface area contributed by atoms with Gasteiger partial charge in [0.2, 0.25) is 0 Å². The van der Waals surface area contributed by atoms with Crippen molar-refractivity contribution in [1.82, 2.24) is 4.90 Å². The summed E-state index contributed by atoms with van der Waals surface area (Å²) in [5.74, 6) is 0.569. The van der Waals surface area contributed by atoms with E-state index in [0.29, 0.717) is 12.0 Å². The average Bonchev–Trinajstić information content (AvgIpc) is 2.05. The number of rotatable bonds is 5. The van der Waals surface area contributed by atoms with Crippen LogP contribution in [0.3, 0.4) is 0 Å². The van der Waals surface area contributed by atoms with Crippen LogP contribution in [0, 0.1) is 5.92 Å². The lowest BCUT2D eigenvalue weighted by Crippen LogP contribution is -2.23. The smallest absolute Gasteiger partial charge is 0.0648 e. The number of ether oxygens (including phenoxy) is 1. The van der Waals surface area contributed by atoms with Gasteiger partial charge in [0.25, 0.3) is 0 Å². The van der Waals surface area contributed by atoms with Gasteiger partial charge in [-0.2, -0.15) is 0 Å². The molecule has 13 heavy (non-hydrogen) atoms. The van der Waals surface area contributed by atoms with Gasteiger partial charge in [-0.1, -0.05) is 19.9 Å². The lowest BCUT2D eigenvalue weighted by molar-refractivity contribution is 0.0610. The molecule has 0 saturated heterocycles. The van der Waals surface area contributed by atoms with Gasteiger partial charge in [-0.25, -0.2) is 0 Å². The van der Waals surface area contributed by atoms with Crippen LogP contribution in [-0.4, -0.2) is 32.2 Å². The number of nitrogens with zero attached hydrogens (tertiary/aromatic N) is 1. The first kappa shape index (κ1) is 12.5. The first-order valence-electron chi connectivity index (χ1n) is 4.88. The van der Waals surface area contributed by atoms with Crippen LogP contribution in [0.5, 0.6) is 0 Å². The molecule has 0 spiro atoms. The standard InChI is InChI=1S/C11H23NO/c1-7-10(12(4)5)8-11(13-6)9(2)3/h7,9,11H,8H2,1-6H3/b10-7+. The first-order chi connectivity index (χ1) is 6.02. The van der Waals surface area contributed by atoms with Crippen molar-refractivity contribution in [3.8, 4) is 0 Å². The molecule has 0 heterocycles. The second kappa shape index (κ2) is 6.03. The maximum atomic E-state index is 5.43. The molecule has 0 bridgehead atoms. The molecule has 0 saturated carbocycles. The molecule has 0 rings (SSSR count). The summed E-state index contributed by atoms with van der Waals surface area (Å²) in [6.45, 7) is 6.45. The summed E-state index contributed by atoms with van der Waals surface area (Å²) < 4.78 is 5.43. The van der Waals surface area contributed by atoms with Crippen LogP contribution < -0.4 is 0 Å². The Balaban J connectivity index is 4.21. The highest BCUT2D eigenvalue weighted by Crippen LogP contribution is 2.16. The van der Waals surface area contributed by atoms with Crippen LogP contribution in [-0.2, 0) is 4.74 Å². The van der Waals surface area contributed by atoms with Crippen molar-refractivity contribution in [2.45, 2.75) is 33.3 Å². The minimum Gasteiger partial charge on any atom is -0.381 e. The molecule has 78 valence electrons. The number of hydrogen-bond donors (Lipinski definition) is 0. The van der Waals surface area contributed by atoms with Gasteiger partial charge < -0.3 is 9.64 Å². The zero-order chi connectivity index (χ0) is 10.4. The fourth-order valence-electron chi connectivity index (χ4n) is 1.36. The maximum Gasteiger partial charge on any atom is 0.0648 e. The zero-order valence-electron chi connectivity index (χ0n) is 9.79. The first-order valence-corrected chi connectivity index (χ1v) is 4.88. The molecule has 1 unspecified atom stereocenters. The molecule has 0 aromatic heterocycles. The molecule has 0 amide bonds. The fraction of sp³-hybridized carbons (Fsp3) is 0.818. The largest absolute Gasteiger partial charge is 0.381 e. The summed E-state index contributed by atoms with van der Waals surface area (Å²) >= 11 is 0. The van der Waals surface area contributed by atoms with Crippen LogP contribution in [0.15, 0.2) is 11.8 Å². The summed E-state index contributed by atoms with van der Waals surface area (Å²) in [5.41, 5.74) is 1.33. The van der Waals surface area contributed by atoms with Crippen LogP contribution >= 0.6 is 0 Å². The second-order valence-corrected chi connectivity index (χ2v) is 3.90. The van der Waals surface area contributed by atoms with Gasteiger partial charge in [-0.05, 0) is 12.8 Å². The fourth-order valence-corrected chi connectivity index (χ4v) is 1.36. The Kier molecular flexibility index (Phi) is 5.80. The maximum absolute atomic E-state index is 5.43. The van der Waals surface area contributed by atoms with E-state index in [1.54, 1.807) is 7.11 Å². The van der Waals surface area contributed by atoms with Gasteiger partial charge in [0, 0.05) is 33.3 Å².